The van der Waals surface area contributed by atoms with E-state index in [0.29, 0.717) is 5.56 Å². The van der Waals surface area contributed by atoms with E-state index in [1.165, 1.54) is 0 Å². The van der Waals surface area contributed by atoms with Gasteiger partial charge in [0.25, 0.3) is 0 Å². The zero-order chi connectivity index (χ0) is 5.82. The van der Waals surface area contributed by atoms with Crippen LogP contribution in [0.2, 0.25) is 0 Å². The summed E-state index contributed by atoms with van der Waals surface area (Å²) in [4.78, 5) is 3.74. The third kappa shape index (κ3) is 1.96. The average Bonchev–Trinajstić information content (AvgIpc) is 1.90. The predicted molar refractivity (Wildman–Crippen MR) is 34.7 cm³/mol. The lowest BCUT2D eigenvalue weighted by molar-refractivity contribution is 1.31. The Bertz CT molecular complexity index is 202. The Balaban J connectivity index is 0.000000640. The molecule has 1 aromatic rings. The van der Waals surface area contributed by atoms with Crippen LogP contribution in [0.15, 0.2) is 24.5 Å². The van der Waals surface area contributed by atoms with Crippen LogP contribution in [0, 0.1) is 11.3 Å². The molecule has 9 heavy (non-hydrogen) atoms. The smallest absolute Gasteiger partial charge is 0.0992 e. The van der Waals surface area contributed by atoms with Crippen LogP contribution in [0.4, 0.5) is 0 Å². The van der Waals surface area contributed by atoms with Crippen LogP contribution in [-0.2, 0) is 0 Å². The minimum atomic E-state index is 0. The molecular weight excluding hydrogens is 111 g/mol. The number of nitrogens with zero attached hydrogens (tertiary/aromatic N) is 2. The van der Waals surface area contributed by atoms with Gasteiger partial charge in [-0.25, -0.2) is 0 Å². The van der Waals surface area contributed by atoms with E-state index in [0.717, 1.165) is 0 Å². The lowest BCUT2D eigenvalue weighted by Crippen LogP contribution is -1.71. The third-order valence-electron chi connectivity index (χ3n) is 0.809. The van der Waals surface area contributed by atoms with E-state index in [-0.39, 0.29) is 8.41 Å². The van der Waals surface area contributed by atoms with Crippen LogP contribution in [-0.4, -0.2) is 13.4 Å². The third-order valence-corrected chi connectivity index (χ3v) is 0.809. The fraction of sp³-hybridized carbons (Fsp3) is 0. The Kier molecular flexibility index (Phi) is 3.15. The van der Waals surface area contributed by atoms with E-state index in [9.17, 15) is 0 Å². The van der Waals surface area contributed by atoms with Crippen molar-refractivity contribution in [2.24, 2.45) is 0 Å². The molecule has 0 aliphatic carbocycles. The molecule has 0 aromatic carbocycles. The minimum Gasteiger partial charge on any atom is -0.265 e. The summed E-state index contributed by atoms with van der Waals surface area (Å²) in [6.07, 6.45) is 3.19. The van der Waals surface area contributed by atoms with Crippen LogP contribution >= 0.6 is 0 Å². The molecule has 0 spiro atoms. The highest BCUT2D eigenvalue weighted by molar-refractivity contribution is 5.75. The Morgan fingerprint density at radius 2 is 1.89 bits per heavy atom. The molecule has 0 aliphatic heterocycles. The number of aromatic nitrogens is 1. The molecule has 0 atom stereocenters. The van der Waals surface area contributed by atoms with Crippen molar-refractivity contribution in [2.75, 3.05) is 0 Å². The maximum atomic E-state index is 8.26. The first-order valence-electron chi connectivity index (χ1n) is 2.23. The summed E-state index contributed by atoms with van der Waals surface area (Å²) in [5.74, 6) is 0. The van der Waals surface area contributed by atoms with E-state index >= 15 is 0 Å². The van der Waals surface area contributed by atoms with Crippen molar-refractivity contribution in [3.8, 4) is 6.07 Å². The SMILES string of the molecule is N#Cc1ccncc1.[B]. The lowest BCUT2D eigenvalue weighted by Gasteiger charge is -1.79. The maximum Gasteiger partial charge on any atom is 0.0992 e. The quantitative estimate of drug-likeness (QED) is 0.463. The Morgan fingerprint density at radius 3 is 2.22 bits per heavy atom. The summed E-state index contributed by atoms with van der Waals surface area (Å²) in [6, 6.07) is 5.32. The Morgan fingerprint density at radius 1 is 1.33 bits per heavy atom. The van der Waals surface area contributed by atoms with Gasteiger partial charge in [0.2, 0.25) is 0 Å². The van der Waals surface area contributed by atoms with Gasteiger partial charge >= 0.3 is 0 Å². The highest BCUT2D eigenvalue weighted by atomic mass is 14.6. The van der Waals surface area contributed by atoms with Crippen LogP contribution in [0.3, 0.4) is 0 Å². The van der Waals surface area contributed by atoms with Crippen LogP contribution < -0.4 is 0 Å². The molecule has 2 nitrogen and oxygen atoms in total. The van der Waals surface area contributed by atoms with Gasteiger partial charge in [-0.2, -0.15) is 5.26 Å². The first-order chi connectivity index (χ1) is 3.93. The molecule has 41 valence electrons. The van der Waals surface area contributed by atoms with E-state index in [4.69, 9.17) is 5.26 Å². The number of hydrogen-bond donors (Lipinski definition) is 0. The van der Waals surface area contributed by atoms with Crippen molar-refractivity contribution in [1.29, 1.82) is 5.26 Å². The number of rotatable bonds is 0. The Labute approximate surface area is 55.7 Å². The van der Waals surface area contributed by atoms with Crippen LogP contribution in [0.25, 0.3) is 0 Å². The van der Waals surface area contributed by atoms with Gasteiger partial charge in [-0.15, -0.1) is 0 Å². The summed E-state index contributed by atoms with van der Waals surface area (Å²) >= 11 is 0. The summed E-state index contributed by atoms with van der Waals surface area (Å²) in [7, 11) is 0. The van der Waals surface area contributed by atoms with Gasteiger partial charge in [0.1, 0.15) is 0 Å². The molecule has 0 saturated carbocycles. The van der Waals surface area contributed by atoms with Crippen LogP contribution in [0.1, 0.15) is 5.56 Å². The van der Waals surface area contributed by atoms with Gasteiger partial charge < -0.3 is 0 Å². The summed E-state index contributed by atoms with van der Waals surface area (Å²) in [6.45, 7) is 0. The summed E-state index contributed by atoms with van der Waals surface area (Å²) in [5, 5.41) is 8.26. The lowest BCUT2D eigenvalue weighted by atomic mass is 10.3. The molecule has 1 heterocycles. The molecule has 1 rings (SSSR count). The second-order valence-electron chi connectivity index (χ2n) is 1.35. The minimum absolute atomic E-state index is 0. The van der Waals surface area contributed by atoms with Crippen molar-refractivity contribution in [3.05, 3.63) is 30.1 Å². The van der Waals surface area contributed by atoms with Crippen molar-refractivity contribution < 1.29 is 0 Å². The number of nitriles is 1. The van der Waals surface area contributed by atoms with Gasteiger partial charge in [0.05, 0.1) is 11.6 Å². The van der Waals surface area contributed by atoms with E-state index in [1.807, 2.05) is 6.07 Å². The topological polar surface area (TPSA) is 36.7 Å². The Hall–Kier alpha value is -1.30. The standard InChI is InChI=1S/C6H4N2.B/c7-5-6-1-3-8-4-2-6;/h1-4H;. The highest BCUT2D eigenvalue weighted by Crippen LogP contribution is 1.89. The van der Waals surface area contributed by atoms with Crippen molar-refractivity contribution in [1.82, 2.24) is 4.98 Å². The highest BCUT2D eigenvalue weighted by Gasteiger charge is 1.80. The molecule has 0 unspecified atom stereocenters. The molecule has 0 amide bonds. The molecule has 0 N–H and O–H groups in total. The first kappa shape index (κ1) is 7.70. The predicted octanol–water partition coefficient (Wildman–Crippen LogP) is 0.572. The molecule has 3 radical (unpaired) electrons. The van der Waals surface area contributed by atoms with Gasteiger partial charge in [0, 0.05) is 20.8 Å². The van der Waals surface area contributed by atoms with Crippen LogP contribution in [0.5, 0.6) is 0 Å². The average molecular weight is 115 g/mol. The molecule has 0 aliphatic rings. The van der Waals surface area contributed by atoms with E-state index in [1.54, 1.807) is 24.5 Å². The maximum absolute atomic E-state index is 8.26. The fourth-order valence-electron chi connectivity index (χ4n) is 0.426. The van der Waals surface area contributed by atoms with Gasteiger partial charge in [-0.05, 0) is 12.1 Å². The van der Waals surface area contributed by atoms with E-state index < -0.39 is 0 Å². The molecule has 0 saturated heterocycles. The molecule has 3 heteroatoms. The molecule has 1 aromatic heterocycles. The zero-order valence-corrected chi connectivity index (χ0v) is 4.78. The fourth-order valence-corrected chi connectivity index (χ4v) is 0.426. The largest absolute Gasteiger partial charge is 0.265 e. The molecular formula is C6H4BN2. The van der Waals surface area contributed by atoms with Gasteiger partial charge in [0.15, 0.2) is 0 Å². The number of hydrogen-bond acceptors (Lipinski definition) is 2. The van der Waals surface area contributed by atoms with Gasteiger partial charge in [-0.3, -0.25) is 4.98 Å². The second kappa shape index (κ2) is 3.68. The van der Waals surface area contributed by atoms with E-state index in [2.05, 4.69) is 4.98 Å². The molecule has 0 fully saturated rings. The molecule has 0 bridgehead atoms. The normalized spacial score (nSPS) is 7.00. The summed E-state index contributed by atoms with van der Waals surface area (Å²) in [5.41, 5.74) is 0.653. The second-order valence-corrected chi connectivity index (χ2v) is 1.35. The summed E-state index contributed by atoms with van der Waals surface area (Å²) < 4.78 is 0. The first-order valence-corrected chi connectivity index (χ1v) is 2.23. The van der Waals surface area contributed by atoms with Crippen molar-refractivity contribution in [3.63, 3.8) is 0 Å². The monoisotopic (exact) mass is 115 g/mol. The van der Waals surface area contributed by atoms with Crippen molar-refractivity contribution >= 4 is 8.41 Å². The zero-order valence-electron chi connectivity index (χ0n) is 4.78. The van der Waals surface area contributed by atoms with Gasteiger partial charge in [-0.1, -0.05) is 0 Å². The number of pyridine rings is 1. The van der Waals surface area contributed by atoms with Crippen molar-refractivity contribution in [2.45, 2.75) is 0 Å².